The molecule has 0 aromatic heterocycles. The van der Waals surface area contributed by atoms with E-state index < -0.39 is 0 Å². The van der Waals surface area contributed by atoms with Crippen molar-refractivity contribution in [3.63, 3.8) is 0 Å². The largest absolute Gasteiger partial charge is 0.857 e. The van der Waals surface area contributed by atoms with Crippen molar-refractivity contribution < 1.29 is 9.59 Å². The molecule has 2 heteroatoms. The average Bonchev–Trinajstić information content (AvgIpc) is 1.36. The Labute approximate surface area is 46.0 Å². The Morgan fingerprint density at radius 3 is 0.857 bits per heavy atom. The molecule has 46 valence electrons. The quantitative estimate of drug-likeness (QED) is 0.373. The van der Waals surface area contributed by atoms with E-state index in [2.05, 4.69) is 28.2 Å². The van der Waals surface area contributed by atoms with E-state index in [-0.39, 0.29) is 0 Å². The molecule has 0 radical (unpaired) electrons. The van der Waals surface area contributed by atoms with Gasteiger partial charge in [0.2, 0.25) is 0 Å². The third-order valence-corrected chi connectivity index (χ3v) is 0. The van der Waals surface area contributed by atoms with E-state index in [1.54, 1.807) is 0 Å². The predicted molar refractivity (Wildman–Crippen MR) is 29.9 cm³/mol. The Morgan fingerprint density at radius 1 is 0.857 bits per heavy atom. The van der Waals surface area contributed by atoms with Crippen LogP contribution in [0.5, 0.6) is 0 Å². The summed E-state index contributed by atoms with van der Waals surface area (Å²) in [5.41, 5.74) is 0. The second-order valence-electron chi connectivity index (χ2n) is 2.68. The molecule has 0 atom stereocenters. The minimum Gasteiger partial charge on any atom is -0.857 e. The standard InChI is InChI=1S/C4H12N.CH3O/c1-5(2,3)4;1-2/h1-4H3;1H3/q+1;-1. The molecule has 2 nitrogen and oxygen atoms in total. The average molecular weight is 105 g/mol. The Balaban J connectivity index is 0. The maximum absolute atomic E-state index is 8.25. The van der Waals surface area contributed by atoms with E-state index in [0.717, 1.165) is 11.6 Å². The number of rotatable bonds is 0. The van der Waals surface area contributed by atoms with Crippen molar-refractivity contribution in [2.24, 2.45) is 0 Å². The van der Waals surface area contributed by atoms with Gasteiger partial charge in [0.1, 0.15) is 0 Å². The van der Waals surface area contributed by atoms with Gasteiger partial charge in [-0.05, 0) is 0 Å². The molecule has 7 heavy (non-hydrogen) atoms. The van der Waals surface area contributed by atoms with E-state index >= 15 is 0 Å². The van der Waals surface area contributed by atoms with Crippen LogP contribution in [0.3, 0.4) is 0 Å². The smallest absolute Gasteiger partial charge is 0.0675 e. The van der Waals surface area contributed by atoms with Crippen LogP contribution in [0.4, 0.5) is 0 Å². The molecule has 0 aromatic rings. The van der Waals surface area contributed by atoms with Crippen molar-refractivity contribution in [2.75, 3.05) is 35.3 Å². The van der Waals surface area contributed by atoms with Gasteiger partial charge in [-0.25, -0.2) is 0 Å². The molecular formula is C5H15NO. The summed E-state index contributed by atoms with van der Waals surface area (Å²) in [4.78, 5) is 0. The summed E-state index contributed by atoms with van der Waals surface area (Å²) in [6, 6.07) is 0. The Bertz CT molecular complexity index is 23.6. The van der Waals surface area contributed by atoms with Gasteiger partial charge in [0.05, 0.1) is 28.2 Å². The highest BCUT2D eigenvalue weighted by atomic mass is 16.2. The summed E-state index contributed by atoms with van der Waals surface area (Å²) in [7, 11) is 9.25. The van der Waals surface area contributed by atoms with Gasteiger partial charge in [0.25, 0.3) is 0 Å². The SMILES string of the molecule is C[N+](C)(C)C.C[O-]. The lowest BCUT2D eigenvalue weighted by molar-refractivity contribution is -0.849. The lowest BCUT2D eigenvalue weighted by atomic mass is 10.8. The van der Waals surface area contributed by atoms with Crippen LogP contribution in [0.25, 0.3) is 0 Å². The van der Waals surface area contributed by atoms with Crippen LogP contribution in [-0.4, -0.2) is 39.8 Å². The second-order valence-corrected chi connectivity index (χ2v) is 2.68. The fraction of sp³-hybridized carbons (Fsp3) is 1.00. The monoisotopic (exact) mass is 105 g/mol. The molecule has 0 saturated carbocycles. The van der Waals surface area contributed by atoms with Crippen molar-refractivity contribution in [3.05, 3.63) is 0 Å². The zero-order chi connectivity index (χ0) is 6.50. The maximum Gasteiger partial charge on any atom is 0.0675 e. The summed E-state index contributed by atoms with van der Waals surface area (Å²) in [5, 5.41) is 8.25. The van der Waals surface area contributed by atoms with Crippen LogP contribution < -0.4 is 5.11 Å². The maximum atomic E-state index is 8.25. The van der Waals surface area contributed by atoms with Gasteiger partial charge in [0, 0.05) is 0 Å². The van der Waals surface area contributed by atoms with Gasteiger partial charge in [-0.1, -0.05) is 0 Å². The normalized spacial score (nSPS) is 9.43. The van der Waals surface area contributed by atoms with E-state index in [1.807, 2.05) is 0 Å². The van der Waals surface area contributed by atoms with Crippen LogP contribution in [0.15, 0.2) is 0 Å². The first kappa shape index (κ1) is 10.0. The number of hydrogen-bond donors (Lipinski definition) is 0. The van der Waals surface area contributed by atoms with Crippen molar-refractivity contribution >= 4 is 0 Å². The number of quaternary nitrogens is 1. The van der Waals surface area contributed by atoms with Crippen LogP contribution in [0, 0.1) is 0 Å². The van der Waals surface area contributed by atoms with Gasteiger partial charge in [-0.3, -0.25) is 0 Å². The van der Waals surface area contributed by atoms with Crippen molar-refractivity contribution in [1.29, 1.82) is 0 Å². The lowest BCUT2D eigenvalue weighted by Gasteiger charge is -2.14. The summed E-state index contributed by atoms with van der Waals surface area (Å²) in [6.07, 6.45) is 0. The summed E-state index contributed by atoms with van der Waals surface area (Å²) in [6.45, 7) is 0. The highest BCUT2D eigenvalue weighted by molar-refractivity contribution is 3.87. The van der Waals surface area contributed by atoms with Gasteiger partial charge in [0.15, 0.2) is 0 Å². The van der Waals surface area contributed by atoms with Crippen LogP contribution in [-0.2, 0) is 0 Å². The molecule has 0 N–H and O–H groups in total. The van der Waals surface area contributed by atoms with Gasteiger partial charge < -0.3 is 9.59 Å². The molecule has 0 unspecified atom stereocenters. The molecular weight excluding hydrogens is 90.1 g/mol. The molecule has 0 aliphatic heterocycles. The van der Waals surface area contributed by atoms with E-state index in [1.165, 1.54) is 0 Å². The van der Waals surface area contributed by atoms with Crippen molar-refractivity contribution in [2.45, 2.75) is 0 Å². The highest BCUT2D eigenvalue weighted by Gasteiger charge is 1.88. The summed E-state index contributed by atoms with van der Waals surface area (Å²) in [5.74, 6) is 0. The zero-order valence-electron chi connectivity index (χ0n) is 5.86. The van der Waals surface area contributed by atoms with Gasteiger partial charge >= 0.3 is 0 Å². The van der Waals surface area contributed by atoms with Crippen molar-refractivity contribution in [1.82, 2.24) is 0 Å². The number of nitrogens with zero attached hydrogens (tertiary/aromatic N) is 1. The molecule has 0 amide bonds. The van der Waals surface area contributed by atoms with Gasteiger partial charge in [-0.2, -0.15) is 7.11 Å². The third-order valence-electron chi connectivity index (χ3n) is 0. The first-order valence-electron chi connectivity index (χ1n) is 2.20. The Morgan fingerprint density at radius 2 is 0.857 bits per heavy atom. The number of hydrogen-bond acceptors (Lipinski definition) is 1. The minimum atomic E-state index is 0.750. The molecule has 0 saturated heterocycles. The molecule has 0 heterocycles. The van der Waals surface area contributed by atoms with E-state index in [0.29, 0.717) is 0 Å². The zero-order valence-corrected chi connectivity index (χ0v) is 5.86. The highest BCUT2D eigenvalue weighted by Crippen LogP contribution is 1.73. The third kappa shape index (κ3) is 14200. The van der Waals surface area contributed by atoms with E-state index in [9.17, 15) is 0 Å². The minimum absolute atomic E-state index is 0.750. The van der Waals surface area contributed by atoms with Crippen LogP contribution in [0.1, 0.15) is 0 Å². The van der Waals surface area contributed by atoms with Crippen LogP contribution in [0.2, 0.25) is 0 Å². The molecule has 0 spiro atoms. The lowest BCUT2D eigenvalue weighted by Crippen LogP contribution is -2.27. The first-order valence-corrected chi connectivity index (χ1v) is 2.20. The second kappa shape index (κ2) is 4.09. The van der Waals surface area contributed by atoms with Gasteiger partial charge in [-0.15, -0.1) is 0 Å². The molecule has 0 bridgehead atoms. The molecule has 0 rings (SSSR count). The molecule has 0 aliphatic carbocycles. The summed E-state index contributed by atoms with van der Waals surface area (Å²) < 4.78 is 1.00. The van der Waals surface area contributed by atoms with Crippen molar-refractivity contribution in [3.8, 4) is 0 Å². The van der Waals surface area contributed by atoms with E-state index in [4.69, 9.17) is 5.11 Å². The summed E-state index contributed by atoms with van der Waals surface area (Å²) >= 11 is 0. The fourth-order valence-electron chi connectivity index (χ4n) is 0. The topological polar surface area (TPSA) is 23.1 Å². The predicted octanol–water partition coefficient (Wildman–Crippen LogP) is -0.701. The molecule has 0 aliphatic rings. The Hall–Kier alpha value is -0.0800. The molecule has 0 fully saturated rings. The Kier molecular flexibility index (Phi) is 5.85. The van der Waals surface area contributed by atoms with Crippen LogP contribution >= 0.6 is 0 Å². The first-order chi connectivity index (χ1) is 3.00. The fourth-order valence-corrected chi connectivity index (χ4v) is 0. The molecule has 0 aromatic carbocycles.